The van der Waals surface area contributed by atoms with Crippen LogP contribution in [0.4, 0.5) is 5.69 Å². The van der Waals surface area contributed by atoms with Crippen LogP contribution in [0.3, 0.4) is 0 Å². The summed E-state index contributed by atoms with van der Waals surface area (Å²) in [5.74, 6) is 0.454. The summed E-state index contributed by atoms with van der Waals surface area (Å²) < 4.78 is 0. The van der Waals surface area contributed by atoms with Crippen LogP contribution in [0.2, 0.25) is 0 Å². The van der Waals surface area contributed by atoms with Crippen molar-refractivity contribution < 1.29 is 9.59 Å². The van der Waals surface area contributed by atoms with E-state index in [1.54, 1.807) is 0 Å². The zero-order valence-corrected chi connectivity index (χ0v) is 16.1. The van der Waals surface area contributed by atoms with Crippen molar-refractivity contribution >= 4 is 17.5 Å². The molecule has 2 amide bonds. The number of anilines is 1. The number of amides is 2. The highest BCUT2D eigenvalue weighted by molar-refractivity contribution is 6.01. The molecule has 1 saturated carbocycles. The van der Waals surface area contributed by atoms with Crippen LogP contribution in [0.1, 0.15) is 51.2 Å². The van der Waals surface area contributed by atoms with Gasteiger partial charge in [0.15, 0.2) is 0 Å². The van der Waals surface area contributed by atoms with Gasteiger partial charge in [0.2, 0.25) is 11.8 Å². The molecule has 0 unspecified atom stereocenters. The summed E-state index contributed by atoms with van der Waals surface area (Å²) >= 11 is 0. The molecular weight excluding hydrogens is 312 g/mol. The van der Waals surface area contributed by atoms with Crippen LogP contribution in [0, 0.1) is 25.7 Å². The molecule has 4 heteroatoms. The lowest BCUT2D eigenvalue weighted by atomic mass is 10.0. The van der Waals surface area contributed by atoms with Crippen molar-refractivity contribution in [1.82, 2.24) is 4.90 Å². The minimum Gasteiger partial charge on any atom is -0.336 e. The van der Waals surface area contributed by atoms with E-state index in [-0.39, 0.29) is 23.8 Å². The number of benzene rings is 1. The van der Waals surface area contributed by atoms with Crippen molar-refractivity contribution in [1.29, 1.82) is 0 Å². The monoisotopic (exact) mass is 342 g/mol. The molecule has 0 bridgehead atoms. The van der Waals surface area contributed by atoms with Crippen molar-refractivity contribution in [2.75, 3.05) is 11.4 Å². The molecule has 1 aliphatic carbocycles. The topological polar surface area (TPSA) is 40.6 Å². The molecule has 1 saturated heterocycles. The molecule has 0 radical (unpaired) electrons. The third-order valence-corrected chi connectivity index (χ3v) is 5.94. The van der Waals surface area contributed by atoms with Gasteiger partial charge < -0.3 is 9.80 Å². The Bertz CT molecular complexity index is 678. The summed E-state index contributed by atoms with van der Waals surface area (Å²) in [6.07, 6.45) is 2.54. The van der Waals surface area contributed by atoms with Crippen LogP contribution in [0.15, 0.2) is 18.2 Å². The molecule has 1 aromatic carbocycles. The van der Waals surface area contributed by atoms with Gasteiger partial charge in [0.05, 0.1) is 5.92 Å². The largest absolute Gasteiger partial charge is 0.336 e. The second-order valence-corrected chi connectivity index (χ2v) is 8.09. The first kappa shape index (κ1) is 18.0. The number of nitrogens with zero attached hydrogens (tertiary/aromatic N) is 2. The standard InChI is InChI=1S/C21H30N2O2/c1-13(2)16(5)23(18-9-10-18)21(25)17-11-20(24)22(12-17)19-8-6-7-14(3)15(19)4/h6-8,13,16-18H,9-12H2,1-5H3/t16-,17-/m1/s1. The summed E-state index contributed by atoms with van der Waals surface area (Å²) in [6, 6.07) is 6.64. The Hall–Kier alpha value is -1.84. The van der Waals surface area contributed by atoms with Crippen LogP contribution >= 0.6 is 0 Å². The van der Waals surface area contributed by atoms with E-state index >= 15 is 0 Å². The summed E-state index contributed by atoms with van der Waals surface area (Å²) in [7, 11) is 0. The van der Waals surface area contributed by atoms with Gasteiger partial charge in [0, 0.05) is 30.7 Å². The predicted octanol–water partition coefficient (Wildman–Crippen LogP) is 3.69. The van der Waals surface area contributed by atoms with E-state index in [1.807, 2.05) is 24.0 Å². The Balaban J connectivity index is 1.79. The van der Waals surface area contributed by atoms with Gasteiger partial charge >= 0.3 is 0 Å². The van der Waals surface area contributed by atoms with Crippen molar-refractivity contribution in [3.63, 3.8) is 0 Å². The fraction of sp³-hybridized carbons (Fsp3) is 0.619. The van der Waals surface area contributed by atoms with E-state index in [9.17, 15) is 9.59 Å². The Labute approximate surface area is 151 Å². The highest BCUT2D eigenvalue weighted by Gasteiger charge is 2.43. The third-order valence-electron chi connectivity index (χ3n) is 5.94. The average Bonchev–Trinajstić information content (AvgIpc) is 3.32. The van der Waals surface area contributed by atoms with E-state index < -0.39 is 0 Å². The molecule has 2 fully saturated rings. The highest BCUT2D eigenvalue weighted by Crippen LogP contribution is 2.35. The van der Waals surface area contributed by atoms with Gasteiger partial charge in [-0.25, -0.2) is 0 Å². The molecule has 2 aliphatic rings. The Morgan fingerprint density at radius 1 is 1.20 bits per heavy atom. The molecule has 25 heavy (non-hydrogen) atoms. The zero-order valence-electron chi connectivity index (χ0n) is 16.1. The molecule has 136 valence electrons. The zero-order chi connectivity index (χ0) is 18.3. The predicted molar refractivity (Wildman–Crippen MR) is 101 cm³/mol. The molecule has 0 aromatic heterocycles. The third kappa shape index (κ3) is 3.44. The molecule has 1 aliphatic heterocycles. The number of hydrogen-bond acceptors (Lipinski definition) is 2. The van der Waals surface area contributed by atoms with Gasteiger partial charge in [-0.05, 0) is 56.7 Å². The van der Waals surface area contributed by atoms with Gasteiger partial charge in [-0.3, -0.25) is 9.59 Å². The second-order valence-electron chi connectivity index (χ2n) is 8.09. The molecule has 0 spiro atoms. The summed E-state index contributed by atoms with van der Waals surface area (Å²) in [6.45, 7) is 11.1. The minimum absolute atomic E-state index is 0.0694. The van der Waals surface area contributed by atoms with Crippen LogP contribution in [-0.2, 0) is 9.59 Å². The summed E-state index contributed by atoms with van der Waals surface area (Å²) in [5.41, 5.74) is 3.25. The van der Waals surface area contributed by atoms with Crippen molar-refractivity contribution in [2.24, 2.45) is 11.8 Å². The summed E-state index contributed by atoms with van der Waals surface area (Å²) in [5, 5.41) is 0. The van der Waals surface area contributed by atoms with Gasteiger partial charge in [-0.2, -0.15) is 0 Å². The Morgan fingerprint density at radius 2 is 1.88 bits per heavy atom. The van der Waals surface area contributed by atoms with Crippen LogP contribution in [0.5, 0.6) is 0 Å². The quantitative estimate of drug-likeness (QED) is 0.819. The first-order valence-corrected chi connectivity index (χ1v) is 9.50. The van der Waals surface area contributed by atoms with E-state index in [0.29, 0.717) is 24.9 Å². The fourth-order valence-electron chi connectivity index (χ4n) is 3.73. The Kier molecular flexibility index (Phi) is 4.90. The number of carbonyl (C=O) groups is 2. The van der Waals surface area contributed by atoms with E-state index in [2.05, 4.69) is 38.7 Å². The van der Waals surface area contributed by atoms with Crippen LogP contribution in [0.25, 0.3) is 0 Å². The maximum atomic E-state index is 13.2. The van der Waals surface area contributed by atoms with Crippen molar-refractivity contribution in [2.45, 2.75) is 66.0 Å². The molecular formula is C21H30N2O2. The Morgan fingerprint density at radius 3 is 2.48 bits per heavy atom. The van der Waals surface area contributed by atoms with Gasteiger partial charge in [-0.15, -0.1) is 0 Å². The van der Waals surface area contributed by atoms with E-state index in [0.717, 1.165) is 24.1 Å². The van der Waals surface area contributed by atoms with E-state index in [4.69, 9.17) is 0 Å². The smallest absolute Gasteiger partial charge is 0.228 e. The number of hydrogen-bond donors (Lipinski definition) is 0. The van der Waals surface area contributed by atoms with Crippen LogP contribution < -0.4 is 4.90 Å². The number of aryl methyl sites for hydroxylation is 1. The van der Waals surface area contributed by atoms with Crippen LogP contribution in [-0.4, -0.2) is 35.3 Å². The molecule has 4 nitrogen and oxygen atoms in total. The first-order chi connectivity index (χ1) is 11.8. The average molecular weight is 342 g/mol. The molecule has 1 heterocycles. The molecule has 2 atom stereocenters. The molecule has 0 N–H and O–H groups in total. The minimum atomic E-state index is -0.214. The highest BCUT2D eigenvalue weighted by atomic mass is 16.2. The lowest BCUT2D eigenvalue weighted by Crippen LogP contribution is -2.46. The first-order valence-electron chi connectivity index (χ1n) is 9.50. The van der Waals surface area contributed by atoms with Crippen molar-refractivity contribution in [3.8, 4) is 0 Å². The van der Waals surface area contributed by atoms with Crippen molar-refractivity contribution in [3.05, 3.63) is 29.3 Å². The molecule has 1 aromatic rings. The number of rotatable bonds is 5. The van der Waals surface area contributed by atoms with Gasteiger partial charge in [0.25, 0.3) is 0 Å². The maximum absolute atomic E-state index is 13.2. The molecule has 3 rings (SSSR count). The number of carbonyl (C=O) groups excluding carboxylic acids is 2. The normalized spacial score (nSPS) is 21.8. The summed E-state index contributed by atoms with van der Waals surface area (Å²) in [4.78, 5) is 29.7. The van der Waals surface area contributed by atoms with E-state index in [1.165, 1.54) is 5.56 Å². The second kappa shape index (κ2) is 6.81. The lowest BCUT2D eigenvalue weighted by molar-refractivity contribution is -0.139. The maximum Gasteiger partial charge on any atom is 0.228 e. The fourth-order valence-corrected chi connectivity index (χ4v) is 3.73. The van der Waals surface area contributed by atoms with Gasteiger partial charge in [-0.1, -0.05) is 26.0 Å². The van der Waals surface area contributed by atoms with Gasteiger partial charge in [0.1, 0.15) is 0 Å². The SMILES string of the molecule is Cc1cccc(N2C[C@H](C(=O)N(C3CC3)[C@H](C)C(C)C)CC2=O)c1C. The lowest BCUT2D eigenvalue weighted by Gasteiger charge is -2.34.